The van der Waals surface area contributed by atoms with Gasteiger partial charge in [0.05, 0.1) is 31.5 Å². The Morgan fingerprint density at radius 3 is 2.51 bits per heavy atom. The molecule has 0 saturated heterocycles. The maximum absolute atomic E-state index is 13.4. The van der Waals surface area contributed by atoms with Crippen molar-refractivity contribution in [3.8, 4) is 28.4 Å². The van der Waals surface area contributed by atoms with E-state index in [1.807, 2.05) is 30.3 Å². The van der Waals surface area contributed by atoms with E-state index in [1.54, 1.807) is 61.7 Å². The molecule has 0 saturated carbocycles. The van der Waals surface area contributed by atoms with Crippen LogP contribution in [0.3, 0.4) is 0 Å². The quantitative estimate of drug-likeness (QED) is 0.0812. The summed E-state index contributed by atoms with van der Waals surface area (Å²) < 4.78 is 17.1. The minimum Gasteiger partial charge on any atom is -0.497 e. The number of halogens is 2. The molecule has 5 aromatic rings. The van der Waals surface area contributed by atoms with Crippen LogP contribution in [0.15, 0.2) is 94.5 Å². The average molecular weight is 633 g/mol. The van der Waals surface area contributed by atoms with E-state index < -0.39 is 11.9 Å². The Balaban J connectivity index is 1.44. The van der Waals surface area contributed by atoms with Crippen molar-refractivity contribution in [2.24, 2.45) is 5.10 Å². The first-order valence-electron chi connectivity index (χ1n) is 12.3. The second kappa shape index (κ2) is 12.3. The number of hydrogen-bond acceptors (Lipinski definition) is 6. The van der Waals surface area contributed by atoms with Gasteiger partial charge < -0.3 is 19.2 Å². The molecule has 5 rings (SSSR count). The molecule has 0 bridgehead atoms. The predicted octanol–water partition coefficient (Wildman–Crippen LogP) is 7.25. The summed E-state index contributed by atoms with van der Waals surface area (Å²) in [6.45, 7) is 0. The van der Waals surface area contributed by atoms with Crippen molar-refractivity contribution in [1.82, 2.24) is 10.4 Å². The highest BCUT2D eigenvalue weighted by Crippen LogP contribution is 2.39. The fourth-order valence-electron chi connectivity index (χ4n) is 4.31. The Hall–Kier alpha value is -4.60. The minimum absolute atomic E-state index is 0.256. The second-order valence-corrected chi connectivity index (χ2v) is 10.1. The molecule has 4 aromatic carbocycles. The van der Waals surface area contributed by atoms with Gasteiger partial charge in [-0.15, -0.1) is 0 Å². The van der Waals surface area contributed by atoms with Crippen LogP contribution in [0.2, 0.25) is 5.02 Å². The SMILES string of the molecule is COc1cccc(C(=O)Oc2ccc(Br)cc2C=NNC(=O)c2[nH]c3c(OC)cccc3c2-c2ccccc2Cl)c1. The molecule has 41 heavy (non-hydrogen) atoms. The van der Waals surface area contributed by atoms with Crippen LogP contribution in [-0.4, -0.2) is 37.3 Å². The van der Waals surface area contributed by atoms with E-state index in [-0.39, 0.29) is 11.4 Å². The van der Waals surface area contributed by atoms with Gasteiger partial charge in [0.1, 0.15) is 22.9 Å². The molecular formula is C31H23BrClN3O5. The summed E-state index contributed by atoms with van der Waals surface area (Å²) in [5, 5.41) is 5.42. The monoisotopic (exact) mass is 631 g/mol. The summed E-state index contributed by atoms with van der Waals surface area (Å²) in [5.74, 6) is 0.298. The number of nitrogens with zero attached hydrogens (tertiary/aromatic N) is 1. The number of amides is 1. The van der Waals surface area contributed by atoms with Crippen LogP contribution in [0.1, 0.15) is 26.4 Å². The van der Waals surface area contributed by atoms with Crippen molar-refractivity contribution in [2.45, 2.75) is 0 Å². The number of H-pyrrole nitrogens is 1. The fraction of sp³-hybridized carbons (Fsp3) is 0.0645. The van der Waals surface area contributed by atoms with E-state index >= 15 is 0 Å². The number of hydrazone groups is 1. The molecule has 1 amide bonds. The summed E-state index contributed by atoms with van der Waals surface area (Å²) in [4.78, 5) is 29.4. The topological polar surface area (TPSA) is 102 Å². The van der Waals surface area contributed by atoms with Crippen LogP contribution in [0, 0.1) is 0 Å². The smallest absolute Gasteiger partial charge is 0.343 e. The second-order valence-electron chi connectivity index (χ2n) is 8.74. The maximum Gasteiger partial charge on any atom is 0.343 e. The van der Waals surface area contributed by atoms with Gasteiger partial charge in [-0.1, -0.05) is 63.9 Å². The van der Waals surface area contributed by atoms with Crippen LogP contribution in [0.25, 0.3) is 22.0 Å². The molecule has 2 N–H and O–H groups in total. The highest BCUT2D eigenvalue weighted by atomic mass is 79.9. The Morgan fingerprint density at radius 1 is 0.927 bits per heavy atom. The molecule has 0 aliphatic carbocycles. The van der Waals surface area contributed by atoms with E-state index in [4.69, 9.17) is 25.8 Å². The van der Waals surface area contributed by atoms with E-state index in [2.05, 4.69) is 31.4 Å². The predicted molar refractivity (Wildman–Crippen MR) is 162 cm³/mol. The highest BCUT2D eigenvalue weighted by molar-refractivity contribution is 9.10. The molecule has 0 unspecified atom stereocenters. The number of ether oxygens (including phenoxy) is 3. The van der Waals surface area contributed by atoms with Crippen molar-refractivity contribution in [2.75, 3.05) is 14.2 Å². The molecule has 0 atom stereocenters. The number of carbonyl (C=O) groups excluding carboxylic acids is 2. The van der Waals surface area contributed by atoms with Gasteiger partial charge in [-0.25, -0.2) is 10.2 Å². The zero-order valence-corrected chi connectivity index (χ0v) is 24.2. The average Bonchev–Trinajstić information content (AvgIpc) is 3.38. The Labute approximate surface area is 249 Å². The van der Waals surface area contributed by atoms with E-state index in [0.717, 1.165) is 9.86 Å². The molecule has 0 aliphatic rings. The summed E-state index contributed by atoms with van der Waals surface area (Å²) in [6, 6.07) is 24.5. The van der Waals surface area contributed by atoms with Gasteiger partial charge in [0.25, 0.3) is 5.91 Å². The molecule has 206 valence electrons. The third-order valence-electron chi connectivity index (χ3n) is 6.24. The third-order valence-corrected chi connectivity index (χ3v) is 7.06. The molecule has 1 heterocycles. The number of carbonyl (C=O) groups is 2. The van der Waals surface area contributed by atoms with Gasteiger partial charge in [0.2, 0.25) is 0 Å². The fourth-order valence-corrected chi connectivity index (χ4v) is 4.92. The Kier molecular flexibility index (Phi) is 8.37. The molecule has 10 heteroatoms. The van der Waals surface area contributed by atoms with Gasteiger partial charge in [0, 0.05) is 31.6 Å². The molecule has 0 fully saturated rings. The van der Waals surface area contributed by atoms with Crippen LogP contribution in [0.5, 0.6) is 17.2 Å². The van der Waals surface area contributed by atoms with Crippen LogP contribution in [-0.2, 0) is 0 Å². The zero-order valence-electron chi connectivity index (χ0n) is 21.9. The molecule has 8 nitrogen and oxygen atoms in total. The van der Waals surface area contributed by atoms with Crippen molar-refractivity contribution in [3.63, 3.8) is 0 Å². The van der Waals surface area contributed by atoms with Gasteiger partial charge in [0.15, 0.2) is 0 Å². The lowest BCUT2D eigenvalue weighted by molar-refractivity contribution is 0.0733. The Bertz CT molecular complexity index is 1800. The first-order valence-corrected chi connectivity index (χ1v) is 13.5. The summed E-state index contributed by atoms with van der Waals surface area (Å²) in [5.41, 5.74) is 5.56. The first-order chi connectivity index (χ1) is 19.9. The van der Waals surface area contributed by atoms with Gasteiger partial charge in [-0.2, -0.15) is 5.10 Å². The number of hydrogen-bond donors (Lipinski definition) is 2. The van der Waals surface area contributed by atoms with Crippen molar-refractivity contribution in [3.05, 3.63) is 111 Å². The van der Waals surface area contributed by atoms with E-state index in [0.29, 0.717) is 44.3 Å². The first kappa shape index (κ1) is 27.9. The van der Waals surface area contributed by atoms with E-state index in [9.17, 15) is 9.59 Å². The van der Waals surface area contributed by atoms with Crippen LogP contribution >= 0.6 is 27.5 Å². The standard InChI is InChI=1S/C31H23BrClN3O5/c1-39-21-8-5-7-18(16-21)31(38)41-25-14-13-20(32)15-19(25)17-34-36-30(37)29-27(22-9-3-4-11-24(22)33)23-10-6-12-26(40-2)28(23)35-29/h3-17,35H,1-2H3,(H,36,37). The van der Waals surface area contributed by atoms with Crippen molar-refractivity contribution in [1.29, 1.82) is 0 Å². The lowest BCUT2D eigenvalue weighted by Crippen LogP contribution is -2.19. The van der Waals surface area contributed by atoms with Gasteiger partial charge in [-0.3, -0.25) is 4.79 Å². The highest BCUT2D eigenvalue weighted by Gasteiger charge is 2.22. The Morgan fingerprint density at radius 2 is 1.73 bits per heavy atom. The van der Waals surface area contributed by atoms with Crippen molar-refractivity contribution >= 4 is 56.5 Å². The summed E-state index contributed by atoms with van der Waals surface area (Å²) in [6.07, 6.45) is 1.40. The van der Waals surface area contributed by atoms with Crippen LogP contribution in [0.4, 0.5) is 0 Å². The number of benzene rings is 4. The number of para-hydroxylation sites is 1. The number of aromatic nitrogens is 1. The normalized spacial score (nSPS) is 11.0. The molecule has 0 radical (unpaired) electrons. The molecular weight excluding hydrogens is 610 g/mol. The molecule has 1 aromatic heterocycles. The lowest BCUT2D eigenvalue weighted by atomic mass is 10.0. The van der Waals surface area contributed by atoms with Gasteiger partial charge >= 0.3 is 5.97 Å². The number of fused-ring (bicyclic) bond motifs is 1. The lowest BCUT2D eigenvalue weighted by Gasteiger charge is -2.09. The van der Waals surface area contributed by atoms with Crippen molar-refractivity contribution < 1.29 is 23.8 Å². The zero-order chi connectivity index (χ0) is 28.9. The number of methoxy groups -OCH3 is 2. The number of esters is 1. The molecule has 0 aliphatic heterocycles. The maximum atomic E-state index is 13.4. The number of aromatic amines is 1. The number of nitrogens with one attached hydrogen (secondary N) is 2. The largest absolute Gasteiger partial charge is 0.497 e. The minimum atomic E-state index is -0.568. The van der Waals surface area contributed by atoms with E-state index in [1.165, 1.54) is 13.3 Å². The third kappa shape index (κ3) is 5.96. The number of rotatable bonds is 8. The van der Waals surface area contributed by atoms with Gasteiger partial charge in [-0.05, 0) is 48.5 Å². The summed E-state index contributed by atoms with van der Waals surface area (Å²) >= 11 is 9.95. The molecule has 0 spiro atoms. The summed E-state index contributed by atoms with van der Waals surface area (Å²) in [7, 11) is 3.08. The van der Waals surface area contributed by atoms with Crippen LogP contribution < -0.4 is 19.6 Å².